The molecule has 106 valence electrons. The van der Waals surface area contributed by atoms with Crippen molar-refractivity contribution in [1.29, 1.82) is 10.5 Å². The van der Waals surface area contributed by atoms with Crippen molar-refractivity contribution >= 4 is 0 Å². The fourth-order valence-corrected chi connectivity index (χ4v) is 2.94. The van der Waals surface area contributed by atoms with E-state index in [4.69, 9.17) is 10.5 Å². The number of aryl methyl sites for hydroxylation is 1. The van der Waals surface area contributed by atoms with Crippen molar-refractivity contribution in [3.05, 3.63) is 35.4 Å². The van der Waals surface area contributed by atoms with Crippen LogP contribution in [0.3, 0.4) is 0 Å². The van der Waals surface area contributed by atoms with E-state index in [1.807, 2.05) is 0 Å². The summed E-state index contributed by atoms with van der Waals surface area (Å²) < 4.78 is 0. The van der Waals surface area contributed by atoms with E-state index in [0.717, 1.165) is 5.92 Å². The topological polar surface area (TPSA) is 47.6 Å². The van der Waals surface area contributed by atoms with Gasteiger partial charge in [-0.2, -0.15) is 10.5 Å². The summed E-state index contributed by atoms with van der Waals surface area (Å²) >= 11 is 0. The molecule has 0 aliphatic heterocycles. The molecule has 2 nitrogen and oxygen atoms in total. The van der Waals surface area contributed by atoms with Crippen molar-refractivity contribution in [2.75, 3.05) is 0 Å². The molecule has 0 saturated heterocycles. The molecule has 2 heteroatoms. The predicted molar refractivity (Wildman–Crippen MR) is 82.1 cm³/mol. The van der Waals surface area contributed by atoms with Crippen molar-refractivity contribution in [3.8, 4) is 12.1 Å². The lowest BCUT2D eigenvalue weighted by Crippen LogP contribution is -2.07. The van der Waals surface area contributed by atoms with E-state index in [1.54, 1.807) is 11.1 Å². The molecule has 0 N–H and O–H groups in total. The molecule has 1 aromatic rings. The van der Waals surface area contributed by atoms with Crippen LogP contribution in [0.5, 0.6) is 0 Å². The molecule has 1 aromatic carbocycles. The second-order valence-corrected chi connectivity index (χ2v) is 5.36. The van der Waals surface area contributed by atoms with Gasteiger partial charge in [0.1, 0.15) is 0 Å². The Bertz CT molecular complexity index is 447. The summed E-state index contributed by atoms with van der Waals surface area (Å²) in [6.07, 6.45) is 11.1. The van der Waals surface area contributed by atoms with Crippen LogP contribution < -0.4 is 0 Å². The molecule has 1 aliphatic rings. The summed E-state index contributed by atoms with van der Waals surface area (Å²) in [5.74, 6) is 0.863. The van der Waals surface area contributed by atoms with Crippen molar-refractivity contribution in [2.24, 2.45) is 0 Å². The highest BCUT2D eigenvalue weighted by atomic mass is 14.3. The van der Waals surface area contributed by atoms with Gasteiger partial charge in [-0.3, -0.25) is 0 Å². The van der Waals surface area contributed by atoms with Crippen LogP contribution in [0.2, 0.25) is 0 Å². The Morgan fingerprint density at radius 1 is 1.05 bits per heavy atom. The van der Waals surface area contributed by atoms with Gasteiger partial charge in [-0.15, -0.1) is 0 Å². The average molecular weight is 268 g/mol. The van der Waals surface area contributed by atoms with Gasteiger partial charge in [-0.05, 0) is 42.7 Å². The second kappa shape index (κ2) is 10.0. The third-order valence-electron chi connectivity index (χ3n) is 3.95. The number of benzene rings is 1. The number of hydrogen-bond donors (Lipinski definition) is 0. The molecule has 0 radical (unpaired) electrons. The minimum Gasteiger partial charge on any atom is -0.181 e. The first kappa shape index (κ1) is 16.3. The van der Waals surface area contributed by atoms with Crippen LogP contribution in [0.1, 0.15) is 68.9 Å². The van der Waals surface area contributed by atoms with Gasteiger partial charge in [-0.1, -0.05) is 56.9 Å². The molecule has 0 bridgehead atoms. The highest BCUT2D eigenvalue weighted by Crippen LogP contribution is 2.34. The fourth-order valence-electron chi connectivity index (χ4n) is 2.94. The fraction of sp³-hybridized carbons (Fsp3) is 0.556. The first-order valence-electron chi connectivity index (χ1n) is 7.69. The van der Waals surface area contributed by atoms with Crippen molar-refractivity contribution in [1.82, 2.24) is 0 Å². The number of hydrogen-bond acceptors (Lipinski definition) is 2. The number of nitrogens with zero attached hydrogens (tertiary/aromatic N) is 2. The van der Waals surface area contributed by atoms with Crippen LogP contribution in [-0.4, -0.2) is 0 Å². The molecule has 0 atom stereocenters. The average Bonchev–Trinajstić information content (AvgIpc) is 2.54. The number of nitriles is 2. The predicted octanol–water partition coefficient (Wildman–Crippen LogP) is 5.11. The molecule has 1 aliphatic carbocycles. The van der Waals surface area contributed by atoms with Gasteiger partial charge in [0.25, 0.3) is 0 Å². The smallest absolute Gasteiger partial charge is 0.181 e. The maximum atomic E-state index is 7.26. The van der Waals surface area contributed by atoms with Crippen LogP contribution in [-0.2, 0) is 6.42 Å². The van der Waals surface area contributed by atoms with E-state index in [-0.39, 0.29) is 0 Å². The summed E-state index contributed by atoms with van der Waals surface area (Å²) in [5.41, 5.74) is 3.28. The minimum atomic E-state index is 0.863. The normalized spacial score (nSPS) is 14.6. The van der Waals surface area contributed by atoms with E-state index in [0.29, 0.717) is 0 Å². The lowest BCUT2D eigenvalue weighted by Gasteiger charge is -2.24. The first-order valence-corrected chi connectivity index (χ1v) is 7.69. The summed E-state index contributed by atoms with van der Waals surface area (Å²) in [4.78, 5) is 0. The quantitative estimate of drug-likeness (QED) is 0.761. The van der Waals surface area contributed by atoms with E-state index >= 15 is 0 Å². The summed E-state index contributed by atoms with van der Waals surface area (Å²) in [7, 11) is 0. The molecule has 0 amide bonds. The Labute approximate surface area is 123 Å². The maximum absolute atomic E-state index is 7.26. The molecule has 2 rings (SSSR count). The molecule has 0 heterocycles. The molecule has 20 heavy (non-hydrogen) atoms. The lowest BCUT2D eigenvalue weighted by atomic mass is 9.81. The van der Waals surface area contributed by atoms with E-state index in [2.05, 4.69) is 31.2 Å². The van der Waals surface area contributed by atoms with E-state index < -0.39 is 0 Å². The van der Waals surface area contributed by atoms with Crippen LogP contribution in [0, 0.1) is 22.7 Å². The summed E-state index contributed by atoms with van der Waals surface area (Å²) in [5, 5.41) is 14.5. The molecule has 0 unspecified atom stereocenters. The zero-order chi connectivity index (χ0) is 14.6. The van der Waals surface area contributed by atoms with Gasteiger partial charge in [0, 0.05) is 0 Å². The molecule has 1 fully saturated rings. The Hall–Kier alpha value is -1.80. The monoisotopic (exact) mass is 268 g/mol. The van der Waals surface area contributed by atoms with Gasteiger partial charge in [-0.25, -0.2) is 0 Å². The Kier molecular flexibility index (Phi) is 8.16. The van der Waals surface area contributed by atoms with Crippen molar-refractivity contribution in [3.63, 3.8) is 0 Å². The molecule has 1 saturated carbocycles. The highest BCUT2D eigenvalue weighted by molar-refractivity contribution is 5.30. The van der Waals surface area contributed by atoms with E-state index in [1.165, 1.54) is 63.5 Å². The Morgan fingerprint density at radius 2 is 1.70 bits per heavy atom. The molecule has 0 aromatic heterocycles. The summed E-state index contributed by atoms with van der Waals surface area (Å²) in [6, 6.07) is 11.6. The molecular weight excluding hydrogens is 244 g/mol. The third-order valence-corrected chi connectivity index (χ3v) is 3.95. The van der Waals surface area contributed by atoms with Crippen LogP contribution in [0.4, 0.5) is 0 Å². The van der Waals surface area contributed by atoms with Gasteiger partial charge in [0.15, 0.2) is 12.1 Å². The van der Waals surface area contributed by atoms with Crippen molar-refractivity contribution in [2.45, 2.75) is 64.2 Å². The molecular formula is C18H24N2. The zero-order valence-corrected chi connectivity index (χ0v) is 12.4. The zero-order valence-electron chi connectivity index (χ0n) is 12.4. The number of rotatable bonds is 4. The SMILES string of the molecule is CCCCc1ccccc1C1CCCCC1.N#CC#N. The third kappa shape index (κ3) is 5.45. The molecule has 0 spiro atoms. The van der Waals surface area contributed by atoms with Gasteiger partial charge < -0.3 is 0 Å². The Balaban J connectivity index is 0.000000444. The highest BCUT2D eigenvalue weighted by Gasteiger charge is 2.17. The van der Waals surface area contributed by atoms with Gasteiger partial charge in [0.2, 0.25) is 0 Å². The lowest BCUT2D eigenvalue weighted by molar-refractivity contribution is 0.441. The standard InChI is InChI=1S/C16H24.C2N2/c1-2-3-9-14-12-7-8-13-16(14)15-10-5-4-6-11-15;3-1-2-4/h7-8,12-13,15H,2-6,9-11H2,1H3;. The van der Waals surface area contributed by atoms with E-state index in [9.17, 15) is 0 Å². The largest absolute Gasteiger partial charge is 0.181 e. The minimum absolute atomic E-state index is 0.863. The Morgan fingerprint density at radius 3 is 2.30 bits per heavy atom. The van der Waals surface area contributed by atoms with Crippen molar-refractivity contribution < 1.29 is 0 Å². The van der Waals surface area contributed by atoms with Crippen LogP contribution in [0.15, 0.2) is 24.3 Å². The van der Waals surface area contributed by atoms with Gasteiger partial charge in [0.05, 0.1) is 0 Å². The summed E-state index contributed by atoms with van der Waals surface area (Å²) in [6.45, 7) is 2.28. The van der Waals surface area contributed by atoms with Gasteiger partial charge >= 0.3 is 0 Å². The first-order chi connectivity index (χ1) is 9.83. The number of unbranched alkanes of at least 4 members (excludes halogenated alkanes) is 1. The maximum Gasteiger partial charge on any atom is 0.181 e. The van der Waals surface area contributed by atoms with Crippen LogP contribution in [0.25, 0.3) is 0 Å². The van der Waals surface area contributed by atoms with Crippen LogP contribution >= 0.6 is 0 Å². The second-order valence-electron chi connectivity index (χ2n) is 5.36.